The molecule has 21 heavy (non-hydrogen) atoms. The van der Waals surface area contributed by atoms with Gasteiger partial charge in [-0.05, 0) is 49.2 Å². The Morgan fingerprint density at radius 1 is 1.19 bits per heavy atom. The molecule has 1 aromatic heterocycles. The third-order valence-electron chi connectivity index (χ3n) is 3.24. The summed E-state index contributed by atoms with van der Waals surface area (Å²) < 4.78 is 6.94. The Morgan fingerprint density at radius 3 is 2.67 bits per heavy atom. The normalized spacial score (nSPS) is 11.0. The van der Waals surface area contributed by atoms with Gasteiger partial charge in [0.1, 0.15) is 0 Å². The van der Waals surface area contributed by atoms with Crippen LogP contribution >= 0.6 is 27.3 Å². The molecular weight excluding hydrogens is 346 g/mol. The van der Waals surface area contributed by atoms with Crippen molar-refractivity contribution in [1.29, 1.82) is 0 Å². The molecule has 1 N–H and O–H groups in total. The number of benzene rings is 1. The molecular formula is C17H22BrNOS. The minimum absolute atomic E-state index is 0.659. The summed E-state index contributed by atoms with van der Waals surface area (Å²) >= 11 is 5.31. The second-order valence-corrected chi connectivity index (χ2v) is 7.35. The van der Waals surface area contributed by atoms with Crippen LogP contribution in [0.3, 0.4) is 0 Å². The molecule has 0 bridgehead atoms. The average molecular weight is 368 g/mol. The van der Waals surface area contributed by atoms with E-state index in [9.17, 15) is 0 Å². The molecule has 0 aliphatic carbocycles. The Kier molecular flexibility index (Phi) is 6.90. The van der Waals surface area contributed by atoms with E-state index in [4.69, 9.17) is 4.74 Å². The van der Waals surface area contributed by atoms with E-state index in [1.165, 1.54) is 27.3 Å². The molecule has 1 heterocycles. The first-order valence-corrected chi connectivity index (χ1v) is 8.91. The second-order valence-electron chi connectivity index (χ2n) is 5.09. The molecule has 4 heteroatoms. The standard InChI is InChI=1S/C17H22BrNOS/c1-3-8-19-10-17-9-15(13(2)21-17)12-20-11-14-4-6-16(18)7-5-14/h4-7,9,19H,3,8,10-12H2,1-2H3. The maximum atomic E-state index is 5.84. The molecule has 0 atom stereocenters. The number of ether oxygens (including phenoxy) is 1. The van der Waals surface area contributed by atoms with E-state index in [-0.39, 0.29) is 0 Å². The lowest BCUT2D eigenvalue weighted by atomic mass is 10.2. The van der Waals surface area contributed by atoms with Gasteiger partial charge in [0.25, 0.3) is 0 Å². The first-order valence-electron chi connectivity index (χ1n) is 7.30. The van der Waals surface area contributed by atoms with Crippen molar-refractivity contribution in [3.05, 3.63) is 55.7 Å². The van der Waals surface area contributed by atoms with Gasteiger partial charge in [0.2, 0.25) is 0 Å². The van der Waals surface area contributed by atoms with Crippen LogP contribution in [0.5, 0.6) is 0 Å². The Balaban J connectivity index is 1.81. The van der Waals surface area contributed by atoms with Crippen LogP contribution in [0.15, 0.2) is 34.8 Å². The zero-order valence-corrected chi connectivity index (χ0v) is 15.0. The number of rotatable bonds is 8. The lowest BCUT2D eigenvalue weighted by Crippen LogP contribution is -2.12. The zero-order chi connectivity index (χ0) is 15.1. The molecule has 2 rings (SSSR count). The highest BCUT2D eigenvalue weighted by atomic mass is 79.9. The SMILES string of the molecule is CCCNCc1cc(COCc2ccc(Br)cc2)c(C)s1. The number of aryl methyl sites for hydroxylation is 1. The Morgan fingerprint density at radius 2 is 1.95 bits per heavy atom. The van der Waals surface area contributed by atoms with Crippen LogP contribution < -0.4 is 5.32 Å². The third-order valence-corrected chi connectivity index (χ3v) is 4.86. The average Bonchev–Trinajstić information content (AvgIpc) is 2.82. The van der Waals surface area contributed by atoms with Crippen molar-refractivity contribution in [3.8, 4) is 0 Å². The summed E-state index contributed by atoms with van der Waals surface area (Å²) in [5.41, 5.74) is 2.52. The summed E-state index contributed by atoms with van der Waals surface area (Å²) in [6.07, 6.45) is 1.17. The van der Waals surface area contributed by atoms with E-state index in [2.05, 4.69) is 53.3 Å². The maximum absolute atomic E-state index is 5.84. The molecule has 0 saturated carbocycles. The van der Waals surface area contributed by atoms with Crippen LogP contribution in [-0.4, -0.2) is 6.54 Å². The molecule has 0 unspecified atom stereocenters. The molecule has 114 valence electrons. The van der Waals surface area contributed by atoms with Gasteiger partial charge in [0.05, 0.1) is 13.2 Å². The van der Waals surface area contributed by atoms with E-state index in [1.54, 1.807) is 0 Å². The summed E-state index contributed by atoms with van der Waals surface area (Å²) in [7, 11) is 0. The molecule has 0 aliphatic rings. The van der Waals surface area contributed by atoms with Crippen LogP contribution in [0.2, 0.25) is 0 Å². The first kappa shape index (κ1) is 16.7. The van der Waals surface area contributed by atoms with Gasteiger partial charge in [0.15, 0.2) is 0 Å². The van der Waals surface area contributed by atoms with Crippen LogP contribution in [0.25, 0.3) is 0 Å². The van der Waals surface area contributed by atoms with Crippen molar-refractivity contribution in [2.45, 2.75) is 40.0 Å². The number of thiophene rings is 1. The number of nitrogens with one attached hydrogen (secondary N) is 1. The Labute approximate surface area is 139 Å². The lowest BCUT2D eigenvalue weighted by Gasteiger charge is -2.04. The maximum Gasteiger partial charge on any atom is 0.0732 e. The zero-order valence-electron chi connectivity index (χ0n) is 12.6. The van der Waals surface area contributed by atoms with Gasteiger partial charge in [-0.2, -0.15) is 0 Å². The van der Waals surface area contributed by atoms with E-state index in [0.717, 1.165) is 17.6 Å². The molecule has 0 spiro atoms. The summed E-state index contributed by atoms with van der Waals surface area (Å²) in [5.74, 6) is 0. The van der Waals surface area contributed by atoms with Gasteiger partial charge in [-0.3, -0.25) is 0 Å². The van der Waals surface area contributed by atoms with Gasteiger partial charge in [0, 0.05) is 20.8 Å². The smallest absolute Gasteiger partial charge is 0.0732 e. The van der Waals surface area contributed by atoms with Gasteiger partial charge < -0.3 is 10.1 Å². The van der Waals surface area contributed by atoms with Crippen molar-refractivity contribution in [1.82, 2.24) is 5.32 Å². The van der Waals surface area contributed by atoms with E-state index in [0.29, 0.717) is 13.2 Å². The summed E-state index contributed by atoms with van der Waals surface area (Å²) in [6.45, 7) is 7.75. The summed E-state index contributed by atoms with van der Waals surface area (Å²) in [5, 5.41) is 3.44. The Hall–Kier alpha value is -0.680. The highest BCUT2D eigenvalue weighted by molar-refractivity contribution is 9.10. The molecule has 1 aromatic carbocycles. The second kappa shape index (κ2) is 8.69. The molecule has 0 saturated heterocycles. The molecule has 0 radical (unpaired) electrons. The fourth-order valence-corrected chi connectivity index (χ4v) is 3.35. The van der Waals surface area contributed by atoms with Gasteiger partial charge in [-0.25, -0.2) is 0 Å². The van der Waals surface area contributed by atoms with Crippen LogP contribution in [-0.2, 0) is 24.5 Å². The highest BCUT2D eigenvalue weighted by Crippen LogP contribution is 2.22. The van der Waals surface area contributed by atoms with Gasteiger partial charge in [-0.15, -0.1) is 11.3 Å². The van der Waals surface area contributed by atoms with Crippen LogP contribution in [0.4, 0.5) is 0 Å². The summed E-state index contributed by atoms with van der Waals surface area (Å²) in [4.78, 5) is 2.75. The predicted molar refractivity (Wildman–Crippen MR) is 93.7 cm³/mol. The monoisotopic (exact) mass is 367 g/mol. The van der Waals surface area contributed by atoms with E-state index in [1.807, 2.05) is 23.5 Å². The van der Waals surface area contributed by atoms with Crippen LogP contribution in [0, 0.1) is 6.92 Å². The quantitative estimate of drug-likeness (QED) is 0.660. The molecule has 2 nitrogen and oxygen atoms in total. The predicted octanol–water partition coefficient (Wildman–Crippen LogP) is 5.04. The minimum atomic E-state index is 0.659. The van der Waals surface area contributed by atoms with Crippen molar-refractivity contribution < 1.29 is 4.74 Å². The lowest BCUT2D eigenvalue weighted by molar-refractivity contribution is 0.107. The van der Waals surface area contributed by atoms with E-state index >= 15 is 0 Å². The third kappa shape index (κ3) is 5.55. The van der Waals surface area contributed by atoms with Crippen molar-refractivity contribution in [3.63, 3.8) is 0 Å². The van der Waals surface area contributed by atoms with Crippen molar-refractivity contribution >= 4 is 27.3 Å². The fraction of sp³-hybridized carbons (Fsp3) is 0.412. The molecule has 0 aliphatic heterocycles. The summed E-state index contributed by atoms with van der Waals surface area (Å²) in [6, 6.07) is 10.5. The number of hydrogen-bond donors (Lipinski definition) is 1. The van der Waals surface area contributed by atoms with Crippen molar-refractivity contribution in [2.24, 2.45) is 0 Å². The number of hydrogen-bond acceptors (Lipinski definition) is 3. The fourth-order valence-electron chi connectivity index (χ4n) is 2.07. The largest absolute Gasteiger partial charge is 0.372 e. The van der Waals surface area contributed by atoms with Crippen LogP contribution in [0.1, 0.15) is 34.2 Å². The molecule has 2 aromatic rings. The Bertz CT molecular complexity index is 550. The van der Waals surface area contributed by atoms with Gasteiger partial charge in [-0.1, -0.05) is 35.0 Å². The molecule has 0 amide bonds. The highest BCUT2D eigenvalue weighted by Gasteiger charge is 2.05. The van der Waals surface area contributed by atoms with Gasteiger partial charge >= 0.3 is 0 Å². The first-order chi connectivity index (χ1) is 10.2. The molecule has 0 fully saturated rings. The minimum Gasteiger partial charge on any atom is -0.372 e. The topological polar surface area (TPSA) is 21.3 Å². The van der Waals surface area contributed by atoms with E-state index < -0.39 is 0 Å². The number of halogens is 1. The van der Waals surface area contributed by atoms with Crippen molar-refractivity contribution in [2.75, 3.05) is 6.54 Å².